The number of halogens is 1. The topological polar surface area (TPSA) is 101 Å². The summed E-state index contributed by atoms with van der Waals surface area (Å²) in [5.41, 5.74) is 7.15. The maximum absolute atomic E-state index is 14.5. The molecule has 8 nitrogen and oxygen atoms in total. The third kappa shape index (κ3) is 5.41. The van der Waals surface area contributed by atoms with Crippen LogP contribution in [0.5, 0.6) is 5.75 Å². The van der Waals surface area contributed by atoms with E-state index in [-0.39, 0.29) is 11.3 Å². The van der Waals surface area contributed by atoms with Gasteiger partial charge in [0.2, 0.25) is 0 Å². The Balaban J connectivity index is 1.27. The fourth-order valence-corrected chi connectivity index (χ4v) is 4.37. The zero-order valence-electron chi connectivity index (χ0n) is 19.4. The molecule has 2 aromatic heterocycles. The Morgan fingerprint density at radius 1 is 1.29 bits per heavy atom. The minimum absolute atomic E-state index is 0.0922. The maximum atomic E-state index is 14.5. The van der Waals surface area contributed by atoms with E-state index in [4.69, 9.17) is 19.9 Å². The Hall–Kier alpha value is -3.33. The summed E-state index contributed by atoms with van der Waals surface area (Å²) in [6, 6.07) is 3.38. The predicted octanol–water partition coefficient (Wildman–Crippen LogP) is 2.89. The first-order valence-electron chi connectivity index (χ1n) is 11.5. The molecule has 2 fully saturated rings. The zero-order valence-corrected chi connectivity index (χ0v) is 19.4. The number of pyridine rings is 2. The van der Waals surface area contributed by atoms with Gasteiger partial charge >= 0.3 is 0 Å². The smallest absolute Gasteiger partial charge is 0.250 e. The van der Waals surface area contributed by atoms with Gasteiger partial charge in [0.05, 0.1) is 18.3 Å². The van der Waals surface area contributed by atoms with Gasteiger partial charge in [-0.2, -0.15) is 0 Å². The number of fused-ring (bicyclic) bond motifs is 1. The number of rotatable bonds is 7. The Kier molecular flexibility index (Phi) is 7.52. The van der Waals surface area contributed by atoms with Crippen LogP contribution in [0, 0.1) is 11.7 Å². The average Bonchev–Trinajstić information content (AvgIpc) is 2.85. The monoisotopic (exact) mass is 470 g/mol. The third-order valence-electron chi connectivity index (χ3n) is 6.30. The van der Waals surface area contributed by atoms with Crippen molar-refractivity contribution in [2.24, 2.45) is 18.7 Å². The molecule has 0 unspecified atom stereocenters. The van der Waals surface area contributed by atoms with Gasteiger partial charge < -0.3 is 29.8 Å². The molecular formula is C25H31FN4O4. The predicted molar refractivity (Wildman–Crippen MR) is 128 cm³/mol. The molecule has 1 aliphatic carbocycles. The van der Waals surface area contributed by atoms with Gasteiger partial charge in [0.1, 0.15) is 18.7 Å². The van der Waals surface area contributed by atoms with Crippen LogP contribution < -0.4 is 21.3 Å². The second-order valence-corrected chi connectivity index (χ2v) is 8.70. The van der Waals surface area contributed by atoms with Crippen molar-refractivity contribution in [1.29, 1.82) is 0 Å². The van der Waals surface area contributed by atoms with E-state index in [1.807, 2.05) is 6.08 Å². The number of nitrogens with two attached hydrogens (primary N) is 1. The van der Waals surface area contributed by atoms with Crippen LogP contribution in [-0.4, -0.2) is 42.0 Å². The van der Waals surface area contributed by atoms with Crippen molar-refractivity contribution in [1.82, 2.24) is 14.9 Å². The molecule has 0 aromatic carbocycles. The van der Waals surface area contributed by atoms with E-state index in [1.54, 1.807) is 13.1 Å². The van der Waals surface area contributed by atoms with E-state index >= 15 is 0 Å². The molecule has 9 heteroatoms. The molecule has 1 aliphatic heterocycles. The molecule has 2 aromatic rings. The van der Waals surface area contributed by atoms with E-state index < -0.39 is 5.82 Å². The molecule has 0 radical (unpaired) electrons. The van der Waals surface area contributed by atoms with E-state index in [0.29, 0.717) is 60.9 Å². The van der Waals surface area contributed by atoms with Gasteiger partial charge in [-0.1, -0.05) is 6.58 Å². The van der Waals surface area contributed by atoms with Crippen LogP contribution in [0.1, 0.15) is 25.7 Å². The standard InChI is InChI=1S/C25H31FN4O4/c1-16(11-21-22(12-27)33-10-9-32-21)13-28-18-5-3-17(4-6-18)15-34-25-19(26)14-29-20-7-8-23(31)30(2)24(20)25/h7-8,11-12,14,17-18,28H,1,3-6,9-10,13,15,27H2,2H3/b21-11+,22-12+. The number of nitrogens with one attached hydrogen (secondary N) is 1. The minimum atomic E-state index is -0.559. The Morgan fingerprint density at radius 3 is 2.76 bits per heavy atom. The van der Waals surface area contributed by atoms with Crippen LogP contribution >= 0.6 is 0 Å². The Bertz CT molecular complexity index is 1170. The Labute approximate surface area is 197 Å². The fraction of sp³-hybridized carbons (Fsp3) is 0.440. The van der Waals surface area contributed by atoms with E-state index in [1.165, 1.54) is 16.8 Å². The van der Waals surface area contributed by atoms with Crippen LogP contribution in [0.2, 0.25) is 0 Å². The highest BCUT2D eigenvalue weighted by atomic mass is 19.1. The van der Waals surface area contributed by atoms with Gasteiger partial charge in [0, 0.05) is 31.9 Å². The summed E-state index contributed by atoms with van der Waals surface area (Å²) >= 11 is 0. The highest BCUT2D eigenvalue weighted by Crippen LogP contribution is 2.29. The second-order valence-electron chi connectivity index (χ2n) is 8.70. The molecule has 0 atom stereocenters. The average molecular weight is 471 g/mol. The number of nitrogens with zero attached hydrogens (tertiary/aromatic N) is 2. The first kappa shape index (κ1) is 23.8. The Morgan fingerprint density at radius 2 is 2.03 bits per heavy atom. The molecule has 3 heterocycles. The van der Waals surface area contributed by atoms with Gasteiger partial charge in [0.15, 0.2) is 23.1 Å². The molecule has 0 spiro atoms. The molecule has 1 saturated carbocycles. The lowest BCUT2D eigenvalue weighted by Gasteiger charge is -2.29. The molecule has 4 rings (SSSR count). The van der Waals surface area contributed by atoms with Crippen molar-refractivity contribution in [3.8, 4) is 5.75 Å². The number of hydrogen-bond acceptors (Lipinski definition) is 7. The second kappa shape index (κ2) is 10.7. The summed E-state index contributed by atoms with van der Waals surface area (Å²) in [6.07, 6.45) is 8.30. The quantitative estimate of drug-likeness (QED) is 0.642. The molecule has 1 saturated heterocycles. The van der Waals surface area contributed by atoms with Crippen LogP contribution in [0.15, 0.2) is 59.1 Å². The number of ether oxygens (including phenoxy) is 3. The number of hydrogen-bond donors (Lipinski definition) is 2. The van der Waals surface area contributed by atoms with Gasteiger partial charge in [-0.15, -0.1) is 0 Å². The van der Waals surface area contributed by atoms with Crippen molar-refractivity contribution in [3.63, 3.8) is 0 Å². The van der Waals surface area contributed by atoms with Crippen molar-refractivity contribution < 1.29 is 18.6 Å². The van der Waals surface area contributed by atoms with Crippen LogP contribution in [0.3, 0.4) is 0 Å². The molecular weight excluding hydrogens is 439 g/mol. The fourth-order valence-electron chi connectivity index (χ4n) is 4.37. The van der Waals surface area contributed by atoms with Gasteiger partial charge in [-0.05, 0) is 49.3 Å². The molecule has 34 heavy (non-hydrogen) atoms. The maximum Gasteiger partial charge on any atom is 0.250 e. The van der Waals surface area contributed by atoms with Crippen molar-refractivity contribution in [2.75, 3.05) is 26.4 Å². The van der Waals surface area contributed by atoms with Crippen LogP contribution in [-0.2, 0) is 16.5 Å². The molecule has 0 bridgehead atoms. The number of aryl methyl sites for hydroxylation is 1. The molecule has 0 amide bonds. The number of aromatic nitrogens is 2. The lowest BCUT2D eigenvalue weighted by Crippen LogP contribution is -2.35. The van der Waals surface area contributed by atoms with E-state index in [0.717, 1.165) is 37.5 Å². The third-order valence-corrected chi connectivity index (χ3v) is 6.30. The van der Waals surface area contributed by atoms with E-state index in [2.05, 4.69) is 16.9 Å². The largest absolute Gasteiger partial charge is 0.488 e. The zero-order chi connectivity index (χ0) is 24.1. The lowest BCUT2D eigenvalue weighted by molar-refractivity contribution is 0.0591. The molecule has 182 valence electrons. The summed E-state index contributed by atoms with van der Waals surface area (Å²) in [4.78, 5) is 16.1. The molecule has 3 N–H and O–H groups in total. The summed E-state index contributed by atoms with van der Waals surface area (Å²) in [5.74, 6) is 0.990. The van der Waals surface area contributed by atoms with Crippen LogP contribution in [0.25, 0.3) is 11.0 Å². The summed E-state index contributed by atoms with van der Waals surface area (Å²) in [5, 5.41) is 3.55. The summed E-state index contributed by atoms with van der Waals surface area (Å²) in [7, 11) is 1.60. The lowest BCUT2D eigenvalue weighted by atomic mass is 9.86. The van der Waals surface area contributed by atoms with Crippen LogP contribution in [0.4, 0.5) is 4.39 Å². The van der Waals surface area contributed by atoms with Crippen molar-refractivity contribution in [2.45, 2.75) is 31.7 Å². The normalized spacial score (nSPS) is 23.0. The van der Waals surface area contributed by atoms with Gasteiger partial charge in [0.25, 0.3) is 5.56 Å². The van der Waals surface area contributed by atoms with E-state index in [9.17, 15) is 9.18 Å². The van der Waals surface area contributed by atoms with Gasteiger partial charge in [-0.25, -0.2) is 4.39 Å². The van der Waals surface area contributed by atoms with Crippen molar-refractivity contribution in [3.05, 3.63) is 70.4 Å². The van der Waals surface area contributed by atoms with Crippen molar-refractivity contribution >= 4 is 11.0 Å². The molecule has 2 aliphatic rings. The first-order valence-corrected chi connectivity index (χ1v) is 11.5. The highest BCUT2D eigenvalue weighted by Gasteiger charge is 2.23. The summed E-state index contributed by atoms with van der Waals surface area (Å²) in [6.45, 7) is 6.11. The summed E-state index contributed by atoms with van der Waals surface area (Å²) < 4.78 is 32.8. The first-order chi connectivity index (χ1) is 16.5. The minimum Gasteiger partial charge on any atom is -0.488 e. The SMILES string of the molecule is C=C(/C=C1/OCCO/C1=C/N)CNC1CCC(COc2c(F)cnc3ccc(=O)n(C)c23)CC1. The highest BCUT2D eigenvalue weighted by molar-refractivity contribution is 5.81. The van der Waals surface area contributed by atoms with Gasteiger partial charge in [-0.3, -0.25) is 9.78 Å².